The predicted molar refractivity (Wildman–Crippen MR) is 85.3 cm³/mol. The van der Waals surface area contributed by atoms with Crippen LogP contribution in [0.15, 0.2) is 12.1 Å². The van der Waals surface area contributed by atoms with E-state index in [-0.39, 0.29) is 17.3 Å². The number of nitrogens with two attached hydrogens (primary N) is 1. The summed E-state index contributed by atoms with van der Waals surface area (Å²) in [5.74, 6) is 0.105. The summed E-state index contributed by atoms with van der Waals surface area (Å²) in [5, 5.41) is 3.82. The van der Waals surface area contributed by atoms with Crippen molar-refractivity contribution in [3.8, 4) is 0 Å². The molecule has 116 valence electrons. The number of thioether (sulfide) groups is 1. The van der Waals surface area contributed by atoms with Crippen molar-refractivity contribution >= 4 is 29.1 Å². The number of hydrogen-bond donors (Lipinski definition) is 2. The SMILES string of the molecule is CCSC1CCC(Nc2cc(C(=O)OC)c(N)cc2F)C1. The van der Waals surface area contributed by atoms with Crippen molar-refractivity contribution in [2.75, 3.05) is 23.9 Å². The molecular formula is C15H21FN2O2S. The van der Waals surface area contributed by atoms with E-state index < -0.39 is 11.8 Å². The Labute approximate surface area is 128 Å². The molecule has 0 aliphatic heterocycles. The summed E-state index contributed by atoms with van der Waals surface area (Å²) >= 11 is 1.94. The smallest absolute Gasteiger partial charge is 0.340 e. The van der Waals surface area contributed by atoms with E-state index in [4.69, 9.17) is 5.73 Å². The van der Waals surface area contributed by atoms with Gasteiger partial charge in [0.05, 0.1) is 18.4 Å². The molecule has 2 atom stereocenters. The van der Waals surface area contributed by atoms with Gasteiger partial charge in [-0.25, -0.2) is 9.18 Å². The first-order valence-corrected chi connectivity index (χ1v) is 8.15. The van der Waals surface area contributed by atoms with E-state index in [1.807, 2.05) is 11.8 Å². The van der Waals surface area contributed by atoms with Crippen LogP contribution in [-0.4, -0.2) is 30.1 Å². The Morgan fingerprint density at radius 3 is 2.95 bits per heavy atom. The van der Waals surface area contributed by atoms with Gasteiger partial charge in [-0.15, -0.1) is 0 Å². The fourth-order valence-electron chi connectivity index (χ4n) is 2.66. The highest BCUT2D eigenvalue weighted by molar-refractivity contribution is 7.99. The maximum absolute atomic E-state index is 14.0. The topological polar surface area (TPSA) is 64.3 Å². The number of methoxy groups -OCH3 is 1. The van der Waals surface area contributed by atoms with Crippen molar-refractivity contribution in [2.45, 2.75) is 37.5 Å². The Balaban J connectivity index is 2.11. The first kappa shape index (κ1) is 15.9. The van der Waals surface area contributed by atoms with Crippen molar-refractivity contribution in [3.63, 3.8) is 0 Å². The average Bonchev–Trinajstić information content (AvgIpc) is 2.89. The number of rotatable bonds is 5. The maximum atomic E-state index is 14.0. The Bertz CT molecular complexity index is 525. The molecule has 1 aromatic carbocycles. The van der Waals surface area contributed by atoms with Gasteiger partial charge < -0.3 is 15.8 Å². The molecule has 1 aliphatic rings. The fourth-order valence-corrected chi connectivity index (χ4v) is 3.81. The van der Waals surface area contributed by atoms with Gasteiger partial charge in [-0.3, -0.25) is 0 Å². The van der Waals surface area contributed by atoms with E-state index in [0.717, 1.165) is 25.0 Å². The number of ether oxygens (including phenoxy) is 1. The molecule has 1 fully saturated rings. The van der Waals surface area contributed by atoms with Crippen LogP contribution in [0.1, 0.15) is 36.5 Å². The predicted octanol–water partition coefficient (Wildman–Crippen LogP) is 3.28. The molecule has 3 N–H and O–H groups in total. The second-order valence-electron chi connectivity index (χ2n) is 5.14. The Morgan fingerprint density at radius 2 is 2.29 bits per heavy atom. The van der Waals surface area contributed by atoms with Gasteiger partial charge in [-0.1, -0.05) is 6.92 Å². The highest BCUT2D eigenvalue weighted by Gasteiger charge is 2.25. The van der Waals surface area contributed by atoms with E-state index in [0.29, 0.717) is 10.9 Å². The van der Waals surface area contributed by atoms with Crippen LogP contribution in [0.5, 0.6) is 0 Å². The van der Waals surface area contributed by atoms with E-state index in [9.17, 15) is 9.18 Å². The number of hydrogen-bond acceptors (Lipinski definition) is 5. The summed E-state index contributed by atoms with van der Waals surface area (Å²) in [6.07, 6.45) is 3.15. The Kier molecular flexibility index (Phi) is 5.33. The molecule has 1 saturated carbocycles. The van der Waals surface area contributed by atoms with Gasteiger partial charge in [-0.2, -0.15) is 11.8 Å². The number of benzene rings is 1. The minimum absolute atomic E-state index is 0.0933. The second kappa shape index (κ2) is 7.02. The van der Waals surface area contributed by atoms with E-state index in [1.165, 1.54) is 19.2 Å². The Hall–Kier alpha value is -1.43. The number of carbonyl (C=O) groups is 1. The van der Waals surface area contributed by atoms with Gasteiger partial charge in [0, 0.05) is 17.0 Å². The third-order valence-corrected chi connectivity index (χ3v) is 4.92. The number of halogens is 1. The molecule has 0 saturated heterocycles. The first-order valence-electron chi connectivity index (χ1n) is 7.10. The third kappa shape index (κ3) is 3.81. The molecule has 0 aromatic heterocycles. The minimum atomic E-state index is -0.554. The van der Waals surface area contributed by atoms with E-state index in [1.54, 1.807) is 0 Å². The number of nitrogens with one attached hydrogen (secondary N) is 1. The molecule has 21 heavy (non-hydrogen) atoms. The zero-order valence-corrected chi connectivity index (χ0v) is 13.1. The largest absolute Gasteiger partial charge is 0.465 e. The second-order valence-corrected chi connectivity index (χ2v) is 6.72. The van der Waals surface area contributed by atoms with Crippen molar-refractivity contribution in [3.05, 3.63) is 23.5 Å². The third-order valence-electron chi connectivity index (χ3n) is 3.69. The summed E-state index contributed by atoms with van der Waals surface area (Å²) in [6.45, 7) is 2.15. The molecule has 0 bridgehead atoms. The average molecular weight is 312 g/mol. The van der Waals surface area contributed by atoms with Crippen LogP contribution in [-0.2, 0) is 4.74 Å². The van der Waals surface area contributed by atoms with Crippen molar-refractivity contribution in [1.82, 2.24) is 0 Å². The van der Waals surface area contributed by atoms with Crippen LogP contribution in [0.2, 0.25) is 0 Å². The lowest BCUT2D eigenvalue weighted by Gasteiger charge is -2.16. The number of anilines is 2. The van der Waals surface area contributed by atoms with E-state index >= 15 is 0 Å². The zero-order valence-electron chi connectivity index (χ0n) is 12.3. The van der Waals surface area contributed by atoms with Crippen molar-refractivity contribution in [1.29, 1.82) is 0 Å². The molecule has 2 rings (SSSR count). The van der Waals surface area contributed by atoms with Crippen LogP contribution in [0.3, 0.4) is 0 Å². The quantitative estimate of drug-likeness (QED) is 0.645. The summed E-state index contributed by atoms with van der Waals surface area (Å²) in [4.78, 5) is 11.6. The molecule has 0 radical (unpaired) electrons. The first-order chi connectivity index (χ1) is 10.0. The Morgan fingerprint density at radius 1 is 1.52 bits per heavy atom. The number of nitrogen functional groups attached to an aromatic ring is 1. The summed E-state index contributed by atoms with van der Waals surface area (Å²) < 4.78 is 18.7. The summed E-state index contributed by atoms with van der Waals surface area (Å²) in [7, 11) is 1.28. The molecule has 0 spiro atoms. The summed E-state index contributed by atoms with van der Waals surface area (Å²) in [6, 6.07) is 2.84. The normalized spacial score (nSPS) is 21.3. The molecule has 1 aromatic rings. The molecule has 2 unspecified atom stereocenters. The highest BCUT2D eigenvalue weighted by Crippen LogP contribution is 2.33. The highest BCUT2D eigenvalue weighted by atomic mass is 32.2. The van der Waals surface area contributed by atoms with Crippen molar-refractivity contribution in [2.24, 2.45) is 0 Å². The molecule has 4 nitrogen and oxygen atoms in total. The van der Waals surface area contributed by atoms with Crippen LogP contribution in [0, 0.1) is 5.82 Å². The lowest BCUT2D eigenvalue weighted by molar-refractivity contribution is 0.0602. The zero-order chi connectivity index (χ0) is 15.4. The monoisotopic (exact) mass is 312 g/mol. The lowest BCUT2D eigenvalue weighted by Crippen LogP contribution is -2.18. The van der Waals surface area contributed by atoms with E-state index in [2.05, 4.69) is 17.0 Å². The molecular weight excluding hydrogens is 291 g/mol. The molecule has 0 amide bonds. The molecule has 1 aliphatic carbocycles. The lowest BCUT2D eigenvalue weighted by atomic mass is 10.1. The van der Waals surface area contributed by atoms with Gasteiger partial charge in [0.2, 0.25) is 0 Å². The number of carbonyl (C=O) groups excluding carboxylic acids is 1. The summed E-state index contributed by atoms with van der Waals surface area (Å²) in [5.41, 5.74) is 6.27. The number of esters is 1. The van der Waals surface area contributed by atoms with Crippen LogP contribution < -0.4 is 11.1 Å². The van der Waals surface area contributed by atoms with Gasteiger partial charge >= 0.3 is 5.97 Å². The molecule has 6 heteroatoms. The van der Waals surface area contributed by atoms with Crippen LogP contribution >= 0.6 is 11.8 Å². The van der Waals surface area contributed by atoms with Gasteiger partial charge in [0.15, 0.2) is 0 Å². The van der Waals surface area contributed by atoms with Gasteiger partial charge in [0.1, 0.15) is 5.82 Å². The molecule has 0 heterocycles. The fraction of sp³-hybridized carbons (Fsp3) is 0.533. The van der Waals surface area contributed by atoms with Crippen LogP contribution in [0.25, 0.3) is 0 Å². The standard InChI is InChI=1S/C15H21FN2O2S/c1-3-21-10-5-4-9(6-10)18-14-7-11(15(19)20-2)13(17)8-12(14)16/h7-10,18H,3-6,17H2,1-2H3. The van der Waals surface area contributed by atoms with Crippen LogP contribution in [0.4, 0.5) is 15.8 Å². The van der Waals surface area contributed by atoms with Crippen molar-refractivity contribution < 1.29 is 13.9 Å². The minimum Gasteiger partial charge on any atom is -0.465 e. The maximum Gasteiger partial charge on any atom is 0.340 e. The van der Waals surface area contributed by atoms with Gasteiger partial charge in [-0.05, 0) is 37.1 Å². The van der Waals surface area contributed by atoms with Gasteiger partial charge in [0.25, 0.3) is 0 Å².